The van der Waals surface area contributed by atoms with Gasteiger partial charge in [0.05, 0.1) is 0 Å². The van der Waals surface area contributed by atoms with Gasteiger partial charge in [0.1, 0.15) is 0 Å². The zero-order chi connectivity index (χ0) is 5.86. The van der Waals surface area contributed by atoms with E-state index in [0.29, 0.717) is 0 Å². The molecule has 0 radical (unpaired) electrons. The number of nitrogens with zero attached hydrogens (tertiary/aromatic N) is 1. The Hall–Kier alpha value is -0.570. The normalized spacial score (nSPS) is 9.14. The Balaban J connectivity index is 3.13. The lowest BCUT2D eigenvalue weighted by Gasteiger charge is -2.05. The lowest BCUT2D eigenvalue weighted by Crippen LogP contribution is -2.15. The van der Waals surface area contributed by atoms with Crippen molar-refractivity contribution in [3.05, 3.63) is 0 Å². The highest BCUT2D eigenvalue weighted by atomic mass is 16.7. The summed E-state index contributed by atoms with van der Waals surface area (Å²) in [4.78, 5) is 14.4. The Labute approximate surface area is 42.8 Å². The summed E-state index contributed by atoms with van der Waals surface area (Å²) in [5.74, 6) is -0.287. The largest absolute Gasteiger partial charge is 0.369 e. The molecule has 0 aliphatic rings. The summed E-state index contributed by atoms with van der Waals surface area (Å²) in [6.07, 6.45) is 0. The summed E-state index contributed by atoms with van der Waals surface area (Å²) < 4.78 is 0. The zero-order valence-electron chi connectivity index (χ0n) is 4.76. The quantitative estimate of drug-likeness (QED) is 0.438. The molecule has 0 fully saturated rings. The topological polar surface area (TPSA) is 29.5 Å². The summed E-state index contributed by atoms with van der Waals surface area (Å²) in [6.45, 7) is 1.36. The molecule has 0 saturated heterocycles. The standard InChI is InChI=1S/C4H9NO2/c1-4(6)7-5(2)3/h1-3H3. The first kappa shape index (κ1) is 6.43. The number of carbonyl (C=O) groups is 1. The van der Waals surface area contributed by atoms with Crippen LogP contribution in [0.2, 0.25) is 0 Å². The lowest BCUT2D eigenvalue weighted by molar-refractivity contribution is -0.175. The van der Waals surface area contributed by atoms with E-state index in [0.717, 1.165) is 0 Å². The fourth-order valence-corrected chi connectivity index (χ4v) is 0.257. The number of carbonyl (C=O) groups excluding carboxylic acids is 1. The van der Waals surface area contributed by atoms with Crippen molar-refractivity contribution in [3.63, 3.8) is 0 Å². The molecule has 0 bridgehead atoms. The molecule has 0 aromatic heterocycles. The molecule has 0 aromatic carbocycles. The molecule has 0 atom stereocenters. The minimum atomic E-state index is -0.287. The number of hydroxylamine groups is 2. The van der Waals surface area contributed by atoms with Crippen LogP contribution in [0.15, 0.2) is 0 Å². The predicted molar refractivity (Wildman–Crippen MR) is 25.5 cm³/mol. The first-order valence-electron chi connectivity index (χ1n) is 1.99. The summed E-state index contributed by atoms with van der Waals surface area (Å²) in [5.41, 5.74) is 0. The van der Waals surface area contributed by atoms with Gasteiger partial charge in [-0.3, -0.25) is 4.79 Å². The Bertz CT molecular complexity index is 70.1. The highest BCUT2D eigenvalue weighted by Crippen LogP contribution is 1.76. The highest BCUT2D eigenvalue weighted by molar-refractivity contribution is 5.65. The van der Waals surface area contributed by atoms with Gasteiger partial charge < -0.3 is 4.84 Å². The maximum atomic E-state index is 9.99. The van der Waals surface area contributed by atoms with E-state index >= 15 is 0 Å². The third-order valence-corrected chi connectivity index (χ3v) is 0.311. The minimum absolute atomic E-state index is 0.287. The molecule has 0 spiro atoms. The molecule has 0 heterocycles. The second kappa shape index (κ2) is 2.58. The summed E-state index contributed by atoms with van der Waals surface area (Å²) in [7, 11) is 3.31. The van der Waals surface area contributed by atoms with Crippen LogP contribution in [-0.4, -0.2) is 25.1 Å². The van der Waals surface area contributed by atoms with Crippen molar-refractivity contribution < 1.29 is 9.63 Å². The van der Waals surface area contributed by atoms with E-state index in [1.165, 1.54) is 12.0 Å². The summed E-state index contributed by atoms with van der Waals surface area (Å²) in [6, 6.07) is 0. The predicted octanol–water partition coefficient (Wildman–Crippen LogP) is 0.0261. The van der Waals surface area contributed by atoms with Crippen LogP contribution in [-0.2, 0) is 9.63 Å². The molecule has 0 aromatic rings. The van der Waals surface area contributed by atoms with Crippen LogP contribution in [0.1, 0.15) is 6.92 Å². The van der Waals surface area contributed by atoms with Crippen molar-refractivity contribution in [3.8, 4) is 0 Å². The molecule has 0 amide bonds. The number of hydrogen-bond acceptors (Lipinski definition) is 3. The smallest absolute Gasteiger partial charge is 0.321 e. The Morgan fingerprint density at radius 3 is 2.00 bits per heavy atom. The molecule has 0 saturated carbocycles. The van der Waals surface area contributed by atoms with Gasteiger partial charge >= 0.3 is 5.97 Å². The number of hydrogen-bond donors (Lipinski definition) is 0. The van der Waals surface area contributed by atoms with E-state index in [2.05, 4.69) is 4.84 Å². The van der Waals surface area contributed by atoms with Crippen LogP contribution in [0.4, 0.5) is 0 Å². The van der Waals surface area contributed by atoms with Crippen molar-refractivity contribution in [2.75, 3.05) is 14.1 Å². The van der Waals surface area contributed by atoms with Crippen molar-refractivity contribution in [2.24, 2.45) is 0 Å². The van der Waals surface area contributed by atoms with Gasteiger partial charge in [-0.2, -0.15) is 0 Å². The van der Waals surface area contributed by atoms with Gasteiger partial charge in [-0.25, -0.2) is 0 Å². The van der Waals surface area contributed by atoms with Gasteiger partial charge in [0.25, 0.3) is 0 Å². The molecular formula is C4H9NO2. The van der Waals surface area contributed by atoms with Gasteiger partial charge in [0, 0.05) is 21.0 Å². The molecular weight excluding hydrogens is 94.0 g/mol. The first-order chi connectivity index (χ1) is 3.13. The van der Waals surface area contributed by atoms with E-state index < -0.39 is 0 Å². The first-order valence-corrected chi connectivity index (χ1v) is 1.99. The fourth-order valence-electron chi connectivity index (χ4n) is 0.257. The molecule has 3 nitrogen and oxygen atoms in total. The SMILES string of the molecule is CC(=O)ON(C)C. The minimum Gasteiger partial charge on any atom is -0.369 e. The van der Waals surface area contributed by atoms with Crippen LogP contribution < -0.4 is 0 Å². The lowest BCUT2D eigenvalue weighted by atomic mass is 10.8. The molecule has 0 N–H and O–H groups in total. The monoisotopic (exact) mass is 103 g/mol. The van der Waals surface area contributed by atoms with Crippen molar-refractivity contribution in [1.82, 2.24) is 5.06 Å². The van der Waals surface area contributed by atoms with Crippen LogP contribution in [0, 0.1) is 0 Å². The summed E-state index contributed by atoms with van der Waals surface area (Å²) >= 11 is 0. The Morgan fingerprint density at radius 1 is 1.57 bits per heavy atom. The molecule has 3 heteroatoms. The van der Waals surface area contributed by atoms with Crippen molar-refractivity contribution in [1.29, 1.82) is 0 Å². The van der Waals surface area contributed by atoms with Crippen molar-refractivity contribution in [2.45, 2.75) is 6.92 Å². The van der Waals surface area contributed by atoms with Crippen LogP contribution in [0.25, 0.3) is 0 Å². The van der Waals surface area contributed by atoms with Gasteiger partial charge in [0.2, 0.25) is 0 Å². The molecule has 0 aliphatic heterocycles. The van der Waals surface area contributed by atoms with Crippen LogP contribution >= 0.6 is 0 Å². The van der Waals surface area contributed by atoms with Crippen molar-refractivity contribution >= 4 is 5.97 Å². The Morgan fingerprint density at radius 2 is 2.00 bits per heavy atom. The second-order valence-electron chi connectivity index (χ2n) is 1.40. The molecule has 42 valence electrons. The number of rotatable bonds is 1. The maximum Gasteiger partial charge on any atom is 0.321 e. The fraction of sp³-hybridized carbons (Fsp3) is 0.750. The van der Waals surface area contributed by atoms with E-state index in [1.54, 1.807) is 14.1 Å². The highest BCUT2D eigenvalue weighted by Gasteiger charge is 1.90. The molecule has 0 aliphatic carbocycles. The van der Waals surface area contributed by atoms with Gasteiger partial charge in [0.15, 0.2) is 0 Å². The third-order valence-electron chi connectivity index (χ3n) is 0.311. The van der Waals surface area contributed by atoms with E-state index in [1.807, 2.05) is 0 Å². The third kappa shape index (κ3) is 5.43. The van der Waals surface area contributed by atoms with Gasteiger partial charge in [-0.1, -0.05) is 0 Å². The maximum absolute atomic E-state index is 9.99. The summed E-state index contributed by atoms with van der Waals surface area (Å²) in [5, 5.41) is 1.35. The molecule has 0 unspecified atom stereocenters. The van der Waals surface area contributed by atoms with E-state index in [9.17, 15) is 4.79 Å². The van der Waals surface area contributed by atoms with E-state index in [-0.39, 0.29) is 5.97 Å². The van der Waals surface area contributed by atoms with Crippen LogP contribution in [0.5, 0.6) is 0 Å². The van der Waals surface area contributed by atoms with Gasteiger partial charge in [-0.15, -0.1) is 5.06 Å². The average Bonchev–Trinajstić information content (AvgIpc) is 1.27. The molecule has 0 rings (SSSR count). The van der Waals surface area contributed by atoms with Crippen LogP contribution in [0.3, 0.4) is 0 Å². The average molecular weight is 103 g/mol. The zero-order valence-corrected chi connectivity index (χ0v) is 4.76. The molecule has 7 heavy (non-hydrogen) atoms. The Kier molecular flexibility index (Phi) is 2.37. The van der Waals surface area contributed by atoms with E-state index in [4.69, 9.17) is 0 Å². The second-order valence-corrected chi connectivity index (χ2v) is 1.40. The van der Waals surface area contributed by atoms with Gasteiger partial charge in [-0.05, 0) is 0 Å².